The van der Waals surface area contributed by atoms with Crippen molar-refractivity contribution in [1.29, 1.82) is 0 Å². The van der Waals surface area contributed by atoms with Crippen LogP contribution < -0.4 is 15.8 Å². The van der Waals surface area contributed by atoms with Gasteiger partial charge < -0.3 is 20.9 Å². The third-order valence-corrected chi connectivity index (χ3v) is 2.91. The molecule has 0 heterocycles. The first-order chi connectivity index (χ1) is 10.0. The fraction of sp³-hybridized carbons (Fsp3) is 0.533. The average molecular weight is 295 g/mol. The van der Waals surface area contributed by atoms with Crippen LogP contribution in [-0.2, 0) is 11.3 Å². The van der Waals surface area contributed by atoms with E-state index in [9.17, 15) is 9.90 Å². The molecule has 0 aliphatic heterocycles. The first-order valence-corrected chi connectivity index (χ1v) is 7.10. The van der Waals surface area contributed by atoms with Gasteiger partial charge in [-0.05, 0) is 31.7 Å². The summed E-state index contributed by atoms with van der Waals surface area (Å²) in [7, 11) is 1.79. The summed E-state index contributed by atoms with van der Waals surface area (Å²) < 4.78 is 5.50. The molecule has 4 N–H and O–H groups in total. The number of nitrogens with zero attached hydrogens (tertiary/aromatic N) is 1. The van der Waals surface area contributed by atoms with Crippen LogP contribution in [0.15, 0.2) is 24.3 Å². The molecule has 0 saturated heterocycles. The third kappa shape index (κ3) is 7.08. The molecule has 1 aromatic rings. The zero-order valence-electron chi connectivity index (χ0n) is 12.7. The number of aliphatic hydroxyl groups is 1. The molecule has 0 spiro atoms. The molecule has 6 nitrogen and oxygen atoms in total. The Kier molecular flexibility index (Phi) is 7.74. The van der Waals surface area contributed by atoms with Crippen molar-refractivity contribution in [2.75, 3.05) is 33.3 Å². The fourth-order valence-electron chi connectivity index (χ4n) is 1.89. The normalized spacial score (nSPS) is 12.2. The van der Waals surface area contributed by atoms with Gasteiger partial charge in [-0.1, -0.05) is 12.1 Å². The van der Waals surface area contributed by atoms with E-state index in [1.54, 1.807) is 11.9 Å². The molecular weight excluding hydrogens is 270 g/mol. The fourth-order valence-corrected chi connectivity index (χ4v) is 1.89. The summed E-state index contributed by atoms with van der Waals surface area (Å²) in [4.78, 5) is 13.2. The molecule has 1 aromatic carbocycles. The number of likely N-dealkylation sites (N-methyl/N-ethyl adjacent to an activating group) is 2. The van der Waals surface area contributed by atoms with Gasteiger partial charge in [0, 0.05) is 19.6 Å². The zero-order chi connectivity index (χ0) is 15.7. The number of amides is 1. The largest absolute Gasteiger partial charge is 0.491 e. The second-order valence-corrected chi connectivity index (χ2v) is 4.96. The van der Waals surface area contributed by atoms with Crippen molar-refractivity contribution in [3.8, 4) is 5.75 Å². The van der Waals surface area contributed by atoms with Crippen LogP contribution in [-0.4, -0.2) is 55.3 Å². The summed E-state index contributed by atoms with van der Waals surface area (Å²) in [5.74, 6) is 0.642. The van der Waals surface area contributed by atoms with E-state index in [-0.39, 0.29) is 19.1 Å². The van der Waals surface area contributed by atoms with E-state index in [0.717, 1.165) is 5.56 Å². The van der Waals surface area contributed by atoms with Gasteiger partial charge in [0.1, 0.15) is 18.5 Å². The number of carbonyl (C=O) groups excluding carboxylic acids is 1. The highest BCUT2D eigenvalue weighted by atomic mass is 16.5. The molecule has 0 radical (unpaired) electrons. The minimum Gasteiger partial charge on any atom is -0.491 e. The smallest absolute Gasteiger partial charge is 0.234 e. The SMILES string of the molecule is CCNC(=O)CN(C)CC(O)COc1ccc(CN)cc1. The maximum atomic E-state index is 11.4. The predicted octanol–water partition coefficient (Wildman–Crippen LogP) is -0.0471. The molecular formula is C15H25N3O3. The molecule has 0 aliphatic carbocycles. The number of ether oxygens (including phenoxy) is 1. The number of aliphatic hydroxyl groups excluding tert-OH is 1. The minimum atomic E-state index is -0.654. The Hall–Kier alpha value is -1.63. The Morgan fingerprint density at radius 1 is 1.43 bits per heavy atom. The van der Waals surface area contributed by atoms with Crippen molar-refractivity contribution >= 4 is 5.91 Å². The van der Waals surface area contributed by atoms with Crippen molar-refractivity contribution in [2.24, 2.45) is 5.73 Å². The number of nitrogens with two attached hydrogens (primary N) is 1. The van der Waals surface area contributed by atoms with E-state index in [0.29, 0.717) is 25.4 Å². The molecule has 6 heteroatoms. The molecule has 1 amide bonds. The Morgan fingerprint density at radius 3 is 2.67 bits per heavy atom. The van der Waals surface area contributed by atoms with Gasteiger partial charge >= 0.3 is 0 Å². The van der Waals surface area contributed by atoms with Crippen molar-refractivity contribution in [2.45, 2.75) is 19.6 Å². The van der Waals surface area contributed by atoms with E-state index in [1.807, 2.05) is 31.2 Å². The van der Waals surface area contributed by atoms with Crippen LogP contribution in [0.3, 0.4) is 0 Å². The number of carbonyl (C=O) groups is 1. The number of nitrogens with one attached hydrogen (secondary N) is 1. The summed E-state index contributed by atoms with van der Waals surface area (Å²) >= 11 is 0. The van der Waals surface area contributed by atoms with E-state index < -0.39 is 6.10 Å². The number of hydrogen-bond acceptors (Lipinski definition) is 5. The summed E-state index contributed by atoms with van der Waals surface area (Å²) in [5.41, 5.74) is 6.55. The Balaban J connectivity index is 2.29. The van der Waals surface area contributed by atoms with Gasteiger partial charge in [-0.2, -0.15) is 0 Å². The van der Waals surface area contributed by atoms with Gasteiger partial charge in [-0.15, -0.1) is 0 Å². The standard InChI is InChI=1S/C15H25N3O3/c1-3-17-15(20)10-18(2)9-13(19)11-21-14-6-4-12(8-16)5-7-14/h4-7,13,19H,3,8-11,16H2,1-2H3,(H,17,20). The maximum absolute atomic E-state index is 11.4. The van der Waals surface area contributed by atoms with Crippen molar-refractivity contribution in [1.82, 2.24) is 10.2 Å². The highest BCUT2D eigenvalue weighted by Gasteiger charge is 2.11. The molecule has 0 fully saturated rings. The van der Waals surface area contributed by atoms with Crippen LogP contribution >= 0.6 is 0 Å². The minimum absolute atomic E-state index is 0.0505. The highest BCUT2D eigenvalue weighted by Crippen LogP contribution is 2.12. The Labute approximate surface area is 125 Å². The Bertz CT molecular complexity index is 423. The molecule has 0 aliphatic rings. The lowest BCUT2D eigenvalue weighted by Crippen LogP contribution is -2.40. The summed E-state index contributed by atoms with van der Waals surface area (Å²) in [6.45, 7) is 3.79. The average Bonchev–Trinajstić information content (AvgIpc) is 2.45. The third-order valence-electron chi connectivity index (χ3n) is 2.91. The van der Waals surface area contributed by atoms with Gasteiger partial charge in [-0.25, -0.2) is 0 Å². The maximum Gasteiger partial charge on any atom is 0.234 e. The molecule has 0 bridgehead atoms. The first-order valence-electron chi connectivity index (χ1n) is 7.10. The lowest BCUT2D eigenvalue weighted by molar-refractivity contribution is -0.122. The topological polar surface area (TPSA) is 87.8 Å². The molecule has 1 rings (SSSR count). The van der Waals surface area contributed by atoms with Crippen LogP contribution in [0.1, 0.15) is 12.5 Å². The van der Waals surface area contributed by atoms with Crippen molar-refractivity contribution < 1.29 is 14.6 Å². The van der Waals surface area contributed by atoms with E-state index >= 15 is 0 Å². The molecule has 0 saturated carbocycles. The predicted molar refractivity (Wildman–Crippen MR) is 82.0 cm³/mol. The van der Waals surface area contributed by atoms with E-state index in [2.05, 4.69) is 5.32 Å². The number of benzene rings is 1. The number of hydrogen-bond donors (Lipinski definition) is 3. The van der Waals surface area contributed by atoms with Crippen LogP contribution in [0.4, 0.5) is 0 Å². The van der Waals surface area contributed by atoms with Gasteiger partial charge in [0.25, 0.3) is 0 Å². The van der Waals surface area contributed by atoms with Gasteiger partial charge in [0.05, 0.1) is 6.54 Å². The highest BCUT2D eigenvalue weighted by molar-refractivity contribution is 5.77. The van der Waals surface area contributed by atoms with Crippen LogP contribution in [0.25, 0.3) is 0 Å². The zero-order valence-corrected chi connectivity index (χ0v) is 12.7. The quantitative estimate of drug-likeness (QED) is 0.595. The van der Waals surface area contributed by atoms with Crippen molar-refractivity contribution in [3.63, 3.8) is 0 Å². The molecule has 0 aromatic heterocycles. The van der Waals surface area contributed by atoms with E-state index in [1.165, 1.54) is 0 Å². The number of rotatable bonds is 9. The molecule has 1 unspecified atom stereocenters. The van der Waals surface area contributed by atoms with E-state index in [4.69, 9.17) is 10.5 Å². The van der Waals surface area contributed by atoms with Crippen LogP contribution in [0, 0.1) is 0 Å². The molecule has 21 heavy (non-hydrogen) atoms. The second kappa shape index (κ2) is 9.33. The van der Waals surface area contributed by atoms with Gasteiger partial charge in [0.15, 0.2) is 0 Å². The van der Waals surface area contributed by atoms with Gasteiger partial charge in [-0.3, -0.25) is 9.69 Å². The lowest BCUT2D eigenvalue weighted by Gasteiger charge is -2.20. The van der Waals surface area contributed by atoms with Crippen molar-refractivity contribution in [3.05, 3.63) is 29.8 Å². The summed E-state index contributed by atoms with van der Waals surface area (Å²) in [6.07, 6.45) is -0.654. The van der Waals surface area contributed by atoms with Crippen LogP contribution in [0.2, 0.25) is 0 Å². The first kappa shape index (κ1) is 17.4. The Morgan fingerprint density at radius 2 is 2.10 bits per heavy atom. The lowest BCUT2D eigenvalue weighted by atomic mass is 10.2. The molecule has 118 valence electrons. The monoisotopic (exact) mass is 295 g/mol. The second-order valence-electron chi connectivity index (χ2n) is 4.96. The summed E-state index contributed by atoms with van der Waals surface area (Å²) in [5, 5.41) is 12.6. The molecule has 1 atom stereocenters. The summed E-state index contributed by atoms with van der Waals surface area (Å²) in [6, 6.07) is 7.44. The van der Waals surface area contributed by atoms with Gasteiger partial charge in [0.2, 0.25) is 5.91 Å². The van der Waals surface area contributed by atoms with Crippen LogP contribution in [0.5, 0.6) is 5.75 Å².